The number of hydrogen-bond acceptors (Lipinski definition) is 6. The molecule has 1 saturated heterocycles. The number of carbonyl (C=O) groups is 2. The van der Waals surface area contributed by atoms with E-state index in [1.54, 1.807) is 7.11 Å². The molecule has 3 aromatic carbocycles. The molecule has 200 valence electrons. The Morgan fingerprint density at radius 1 is 0.923 bits per heavy atom. The van der Waals surface area contributed by atoms with Crippen LogP contribution in [0.4, 0.5) is 0 Å². The van der Waals surface area contributed by atoms with Gasteiger partial charge in [0.2, 0.25) is 0 Å². The molecular weight excluding hydrogens is 560 g/mol. The number of para-hydroxylation sites is 1. The van der Waals surface area contributed by atoms with Crippen LogP contribution in [-0.2, 0) is 25.5 Å². The molecule has 3 heterocycles. The van der Waals surface area contributed by atoms with Gasteiger partial charge in [0, 0.05) is 27.5 Å². The number of nitrogens with one attached hydrogen (secondary N) is 1. The third-order valence-corrected chi connectivity index (χ3v) is 8.84. The molecule has 1 aromatic heterocycles. The number of nitrogens with zero attached hydrogens (tertiary/aromatic N) is 1. The van der Waals surface area contributed by atoms with E-state index in [0.717, 1.165) is 37.8 Å². The fourth-order valence-corrected chi connectivity index (χ4v) is 6.93. The zero-order valence-corrected chi connectivity index (χ0v) is 23.5. The molecule has 0 saturated carbocycles. The Balaban J connectivity index is 1.66. The standard InChI is InChI=1S/C31H29BrN2O5/c1-37-21-14-10-18(11-15-21)27-24(29(35)38-2)17-31(30(36)39-3)16-23-22-6-4-5-7-25(22)33-26(23)28(34(27)31)19-8-12-20(32)13-9-19/h4-15,24,27-28,33H,16-17H2,1-3H3/t24?,27-,28?,31-/m1/s1. The minimum absolute atomic E-state index is 0.273. The van der Waals surface area contributed by atoms with Crippen molar-refractivity contribution in [3.05, 3.63) is 99.7 Å². The first-order valence-electron chi connectivity index (χ1n) is 12.9. The minimum atomic E-state index is -1.09. The molecule has 4 aromatic rings. The number of hydrogen-bond donors (Lipinski definition) is 1. The third kappa shape index (κ3) is 3.96. The molecular formula is C31H29BrN2O5. The fraction of sp³-hybridized carbons (Fsp3) is 0.290. The van der Waals surface area contributed by atoms with E-state index in [0.29, 0.717) is 12.2 Å². The summed E-state index contributed by atoms with van der Waals surface area (Å²) < 4.78 is 17.2. The molecule has 4 atom stereocenters. The first kappa shape index (κ1) is 25.6. The number of rotatable bonds is 5. The topological polar surface area (TPSA) is 80.9 Å². The van der Waals surface area contributed by atoms with Crippen LogP contribution in [-0.4, -0.2) is 48.7 Å². The van der Waals surface area contributed by atoms with Crippen molar-refractivity contribution >= 4 is 38.8 Å². The van der Waals surface area contributed by atoms with Gasteiger partial charge in [-0.15, -0.1) is 0 Å². The summed E-state index contributed by atoms with van der Waals surface area (Å²) in [5.41, 5.74) is 3.91. The van der Waals surface area contributed by atoms with Gasteiger partial charge in [-0.2, -0.15) is 0 Å². The molecule has 6 rings (SSSR count). The molecule has 2 unspecified atom stereocenters. The lowest BCUT2D eigenvalue weighted by Gasteiger charge is -2.47. The summed E-state index contributed by atoms with van der Waals surface area (Å²) in [5, 5.41) is 1.07. The lowest BCUT2D eigenvalue weighted by Crippen LogP contribution is -2.57. The Hall–Kier alpha value is -3.62. The molecule has 2 aliphatic rings. The van der Waals surface area contributed by atoms with Crippen LogP contribution in [0.3, 0.4) is 0 Å². The summed E-state index contributed by atoms with van der Waals surface area (Å²) in [6.07, 6.45) is 0.682. The van der Waals surface area contributed by atoms with E-state index in [1.807, 2.05) is 48.5 Å². The molecule has 2 aliphatic heterocycles. The highest BCUT2D eigenvalue weighted by atomic mass is 79.9. The molecule has 0 bridgehead atoms. The van der Waals surface area contributed by atoms with Gasteiger partial charge in [-0.3, -0.25) is 14.5 Å². The monoisotopic (exact) mass is 588 g/mol. The van der Waals surface area contributed by atoms with Crippen LogP contribution in [0.25, 0.3) is 10.9 Å². The molecule has 7 nitrogen and oxygen atoms in total. The van der Waals surface area contributed by atoms with Crippen molar-refractivity contribution in [2.75, 3.05) is 21.3 Å². The molecule has 0 radical (unpaired) electrons. The number of benzene rings is 3. The van der Waals surface area contributed by atoms with Gasteiger partial charge in [0.05, 0.1) is 39.3 Å². The number of ether oxygens (including phenoxy) is 3. The highest BCUT2D eigenvalue weighted by Gasteiger charge is 2.64. The number of carbonyl (C=O) groups excluding carboxylic acids is 2. The molecule has 0 amide bonds. The second-order valence-corrected chi connectivity index (χ2v) is 11.1. The van der Waals surface area contributed by atoms with Crippen molar-refractivity contribution in [3.63, 3.8) is 0 Å². The van der Waals surface area contributed by atoms with E-state index in [-0.39, 0.29) is 24.4 Å². The average molecular weight is 589 g/mol. The van der Waals surface area contributed by atoms with Crippen LogP contribution >= 0.6 is 15.9 Å². The fourth-order valence-electron chi connectivity index (χ4n) is 6.67. The molecule has 0 spiro atoms. The predicted octanol–water partition coefficient (Wildman–Crippen LogP) is 5.73. The van der Waals surface area contributed by atoms with Crippen LogP contribution in [0.2, 0.25) is 0 Å². The van der Waals surface area contributed by atoms with E-state index in [1.165, 1.54) is 14.2 Å². The highest BCUT2D eigenvalue weighted by molar-refractivity contribution is 9.10. The third-order valence-electron chi connectivity index (χ3n) is 8.31. The van der Waals surface area contributed by atoms with E-state index >= 15 is 0 Å². The van der Waals surface area contributed by atoms with Crippen molar-refractivity contribution in [2.24, 2.45) is 5.92 Å². The summed E-state index contributed by atoms with van der Waals surface area (Å²) >= 11 is 3.56. The van der Waals surface area contributed by atoms with Gasteiger partial charge in [-0.1, -0.05) is 58.4 Å². The van der Waals surface area contributed by atoms with E-state index in [2.05, 4.69) is 50.1 Å². The van der Waals surface area contributed by atoms with Crippen molar-refractivity contribution in [3.8, 4) is 5.75 Å². The molecule has 1 fully saturated rings. The van der Waals surface area contributed by atoms with Crippen LogP contribution < -0.4 is 4.74 Å². The second kappa shape index (κ2) is 9.84. The number of aromatic nitrogens is 1. The maximum atomic E-state index is 13.9. The van der Waals surface area contributed by atoms with Crippen molar-refractivity contribution in [1.29, 1.82) is 0 Å². The Kier molecular flexibility index (Phi) is 6.47. The summed E-state index contributed by atoms with van der Waals surface area (Å²) in [6.45, 7) is 0. The number of halogens is 1. The SMILES string of the molecule is COC(=O)C1C[C@@]2(C(=O)OC)Cc3c([nH]c4ccccc34)C(c3ccc(Br)cc3)N2[C@@H]1c1ccc(OC)cc1. The number of methoxy groups -OCH3 is 3. The van der Waals surface area contributed by atoms with E-state index in [4.69, 9.17) is 14.2 Å². The van der Waals surface area contributed by atoms with Crippen LogP contribution in [0.15, 0.2) is 77.3 Å². The van der Waals surface area contributed by atoms with Crippen molar-refractivity contribution in [1.82, 2.24) is 9.88 Å². The number of fused-ring (bicyclic) bond motifs is 4. The lowest BCUT2D eigenvalue weighted by molar-refractivity contribution is -0.156. The molecule has 8 heteroatoms. The van der Waals surface area contributed by atoms with E-state index < -0.39 is 17.5 Å². The maximum absolute atomic E-state index is 13.9. The minimum Gasteiger partial charge on any atom is -0.497 e. The van der Waals surface area contributed by atoms with Gasteiger partial charge in [-0.05, 0) is 53.4 Å². The van der Waals surface area contributed by atoms with Crippen LogP contribution in [0.5, 0.6) is 5.75 Å². The van der Waals surface area contributed by atoms with Gasteiger partial charge in [-0.25, -0.2) is 0 Å². The van der Waals surface area contributed by atoms with Gasteiger partial charge >= 0.3 is 11.9 Å². The first-order valence-corrected chi connectivity index (χ1v) is 13.6. The van der Waals surface area contributed by atoms with Gasteiger partial charge in [0.25, 0.3) is 0 Å². The van der Waals surface area contributed by atoms with Gasteiger partial charge < -0.3 is 19.2 Å². The van der Waals surface area contributed by atoms with Gasteiger partial charge in [0.15, 0.2) is 0 Å². The number of H-pyrrole nitrogens is 1. The largest absolute Gasteiger partial charge is 0.497 e. The zero-order valence-electron chi connectivity index (χ0n) is 21.9. The Morgan fingerprint density at radius 2 is 1.62 bits per heavy atom. The van der Waals surface area contributed by atoms with Gasteiger partial charge in [0.1, 0.15) is 11.3 Å². The van der Waals surface area contributed by atoms with Crippen molar-refractivity contribution < 1.29 is 23.8 Å². The highest BCUT2D eigenvalue weighted by Crippen LogP contribution is 2.58. The predicted molar refractivity (Wildman–Crippen MR) is 150 cm³/mol. The molecule has 0 aliphatic carbocycles. The first-order chi connectivity index (χ1) is 18.9. The summed E-state index contributed by atoms with van der Waals surface area (Å²) in [4.78, 5) is 33.2. The van der Waals surface area contributed by atoms with E-state index in [9.17, 15) is 9.59 Å². The quantitative estimate of drug-likeness (QED) is 0.300. The molecule has 39 heavy (non-hydrogen) atoms. The van der Waals surface area contributed by atoms with Crippen LogP contribution in [0, 0.1) is 5.92 Å². The number of aromatic amines is 1. The summed E-state index contributed by atoms with van der Waals surface area (Å²) in [6, 6.07) is 23.2. The van der Waals surface area contributed by atoms with Crippen LogP contribution in [0.1, 0.15) is 40.9 Å². The summed E-state index contributed by atoms with van der Waals surface area (Å²) in [7, 11) is 4.44. The Morgan fingerprint density at radius 3 is 2.28 bits per heavy atom. The Labute approximate surface area is 235 Å². The number of esters is 2. The smallest absolute Gasteiger partial charge is 0.326 e. The average Bonchev–Trinajstić information content (AvgIpc) is 3.52. The second-order valence-electron chi connectivity index (χ2n) is 10.2. The Bertz CT molecular complexity index is 1550. The zero-order chi connectivity index (χ0) is 27.3. The normalized spacial score (nSPS) is 24.2. The molecule has 1 N–H and O–H groups in total. The van der Waals surface area contributed by atoms with Crippen molar-refractivity contribution in [2.45, 2.75) is 30.5 Å². The lowest BCUT2D eigenvalue weighted by atomic mass is 9.78. The summed E-state index contributed by atoms with van der Waals surface area (Å²) in [5.74, 6) is -0.579. The maximum Gasteiger partial charge on any atom is 0.326 e.